The highest BCUT2D eigenvalue weighted by atomic mass is 15.2. The summed E-state index contributed by atoms with van der Waals surface area (Å²) < 4.78 is 0. The zero-order valence-corrected chi connectivity index (χ0v) is 33.9. The standard InChI is InChI=1S/C52H74N2/c1-5-13-47(14-6-1)53(48-15-7-2-8-16-48)51-37-29-43(30-38-51)23-21-41-25-33-45(34-26-41)46-35-27-42(28-36-46)22-24-44-31-39-52(40-32-44)54(49-17-9-3-10-18-49)50-19-11-4-12-20-50/h1,5,15,17,21-25,29,31,33,37-39,41-47,50,52H,2-4,6-14,16,18-20,26-28,30,32,34-36,40H2/b23-21+,24-22+. The Labute approximate surface area is 331 Å². The van der Waals surface area contributed by atoms with E-state index in [1.54, 1.807) is 11.4 Å². The summed E-state index contributed by atoms with van der Waals surface area (Å²) in [6, 6.07) is 2.06. The number of rotatable bonds is 11. The van der Waals surface area contributed by atoms with Crippen LogP contribution in [0.5, 0.6) is 0 Å². The zero-order chi connectivity index (χ0) is 36.4. The Balaban J connectivity index is 0.772. The molecule has 8 aliphatic rings. The Morgan fingerprint density at radius 2 is 1.22 bits per heavy atom. The summed E-state index contributed by atoms with van der Waals surface area (Å²) in [4.78, 5) is 5.66. The van der Waals surface area contributed by atoms with Crippen LogP contribution in [0.2, 0.25) is 0 Å². The zero-order valence-electron chi connectivity index (χ0n) is 33.9. The van der Waals surface area contributed by atoms with Gasteiger partial charge in [0, 0.05) is 35.2 Å². The average Bonchev–Trinajstić information content (AvgIpc) is 3.25. The first-order chi connectivity index (χ1) is 26.8. The lowest BCUT2D eigenvalue weighted by Crippen LogP contribution is -2.44. The Bertz CT molecular complexity index is 1480. The molecule has 6 atom stereocenters. The van der Waals surface area contributed by atoms with Gasteiger partial charge in [-0.25, -0.2) is 0 Å². The van der Waals surface area contributed by atoms with Gasteiger partial charge in [-0.05, 0) is 183 Å². The fourth-order valence-corrected chi connectivity index (χ4v) is 11.7. The van der Waals surface area contributed by atoms with E-state index >= 15 is 0 Å². The minimum Gasteiger partial charge on any atom is -0.366 e. The largest absolute Gasteiger partial charge is 0.366 e. The molecular formula is C52H74N2. The summed E-state index contributed by atoms with van der Waals surface area (Å²) in [5.41, 5.74) is 4.74. The number of hydrogen-bond donors (Lipinski definition) is 0. The predicted molar refractivity (Wildman–Crippen MR) is 230 cm³/mol. The SMILES string of the molecule is C1=CCC(N(C2=CCC(/C=C/C3C=CC(C4CCC(/C=C/C5C=CC(N(C6=CCCCC6)C6CCCCC6)CC5)CC4)CC3)C=C2)C2=CCCCC2)CC1. The molecule has 2 fully saturated rings. The van der Waals surface area contributed by atoms with E-state index in [0.29, 0.717) is 29.8 Å². The van der Waals surface area contributed by atoms with Gasteiger partial charge >= 0.3 is 0 Å². The minimum absolute atomic E-state index is 0.539. The first-order valence-corrected chi connectivity index (χ1v) is 23.5. The molecule has 6 unspecified atom stereocenters. The van der Waals surface area contributed by atoms with E-state index in [2.05, 4.69) is 101 Å². The second kappa shape index (κ2) is 19.4. The van der Waals surface area contributed by atoms with E-state index in [0.717, 1.165) is 30.2 Å². The van der Waals surface area contributed by atoms with Gasteiger partial charge in [0.2, 0.25) is 0 Å². The summed E-state index contributed by atoms with van der Waals surface area (Å²) in [5, 5.41) is 0. The summed E-state index contributed by atoms with van der Waals surface area (Å²) in [6.07, 6.45) is 71.7. The maximum Gasteiger partial charge on any atom is 0.0473 e. The van der Waals surface area contributed by atoms with E-state index in [1.807, 2.05) is 0 Å². The van der Waals surface area contributed by atoms with Crippen molar-refractivity contribution in [1.29, 1.82) is 0 Å². The maximum absolute atomic E-state index is 2.93. The summed E-state index contributed by atoms with van der Waals surface area (Å²) in [7, 11) is 0. The molecule has 2 saturated carbocycles. The molecule has 0 aromatic heterocycles. The van der Waals surface area contributed by atoms with Crippen LogP contribution in [0.15, 0.2) is 108 Å². The van der Waals surface area contributed by atoms with Gasteiger partial charge in [-0.1, -0.05) is 104 Å². The van der Waals surface area contributed by atoms with Crippen LogP contribution in [0, 0.1) is 35.5 Å². The second-order valence-corrected chi connectivity index (χ2v) is 18.7. The van der Waals surface area contributed by atoms with Crippen LogP contribution in [0.25, 0.3) is 0 Å². The van der Waals surface area contributed by atoms with Gasteiger partial charge in [0.25, 0.3) is 0 Å². The van der Waals surface area contributed by atoms with E-state index in [4.69, 9.17) is 0 Å². The molecule has 2 nitrogen and oxygen atoms in total. The van der Waals surface area contributed by atoms with Gasteiger partial charge < -0.3 is 9.80 Å². The molecule has 0 heterocycles. The van der Waals surface area contributed by atoms with Gasteiger partial charge in [0.1, 0.15) is 0 Å². The predicted octanol–water partition coefficient (Wildman–Crippen LogP) is 14.2. The molecule has 0 amide bonds. The van der Waals surface area contributed by atoms with Crippen molar-refractivity contribution in [3.8, 4) is 0 Å². The topological polar surface area (TPSA) is 6.48 Å². The fourth-order valence-electron chi connectivity index (χ4n) is 11.7. The first kappa shape index (κ1) is 38.1. The van der Waals surface area contributed by atoms with Crippen molar-refractivity contribution in [2.45, 2.75) is 179 Å². The van der Waals surface area contributed by atoms with E-state index in [9.17, 15) is 0 Å². The van der Waals surface area contributed by atoms with Crippen molar-refractivity contribution in [3.63, 3.8) is 0 Å². The highest BCUT2D eigenvalue weighted by molar-refractivity contribution is 5.31. The average molecular weight is 727 g/mol. The molecular weight excluding hydrogens is 653 g/mol. The van der Waals surface area contributed by atoms with Gasteiger partial charge in [-0.3, -0.25) is 0 Å². The van der Waals surface area contributed by atoms with E-state index in [-0.39, 0.29) is 0 Å². The van der Waals surface area contributed by atoms with Crippen molar-refractivity contribution >= 4 is 0 Å². The smallest absolute Gasteiger partial charge is 0.0473 e. The summed E-state index contributed by atoms with van der Waals surface area (Å²) >= 11 is 0. The third kappa shape index (κ3) is 9.97. The third-order valence-electron chi connectivity index (χ3n) is 15.0. The number of nitrogens with zero attached hydrogens (tertiary/aromatic N) is 2. The highest BCUT2D eigenvalue weighted by Gasteiger charge is 2.31. The van der Waals surface area contributed by atoms with Crippen molar-refractivity contribution in [3.05, 3.63) is 108 Å². The molecule has 0 bridgehead atoms. The molecule has 0 saturated heterocycles. The molecule has 0 radical (unpaired) electrons. The number of hydrogen-bond acceptors (Lipinski definition) is 2. The monoisotopic (exact) mass is 727 g/mol. The lowest BCUT2D eigenvalue weighted by molar-refractivity contribution is 0.149. The molecule has 0 aromatic rings. The van der Waals surface area contributed by atoms with Gasteiger partial charge in [-0.2, -0.15) is 0 Å². The second-order valence-electron chi connectivity index (χ2n) is 18.7. The molecule has 0 aromatic carbocycles. The van der Waals surface area contributed by atoms with E-state index < -0.39 is 0 Å². The Kier molecular flexibility index (Phi) is 13.7. The lowest BCUT2D eigenvalue weighted by Gasteiger charge is -2.44. The Hall–Kier alpha value is -2.74. The molecule has 8 rings (SSSR count). The third-order valence-corrected chi connectivity index (χ3v) is 15.0. The molecule has 0 N–H and O–H groups in total. The van der Waals surface area contributed by atoms with Crippen molar-refractivity contribution in [2.24, 2.45) is 35.5 Å². The molecule has 0 aliphatic heterocycles. The Morgan fingerprint density at radius 1 is 0.481 bits per heavy atom. The molecule has 8 aliphatic carbocycles. The molecule has 54 heavy (non-hydrogen) atoms. The van der Waals surface area contributed by atoms with Crippen LogP contribution in [0.3, 0.4) is 0 Å². The van der Waals surface area contributed by atoms with Crippen LogP contribution in [-0.4, -0.2) is 27.9 Å². The van der Waals surface area contributed by atoms with Crippen LogP contribution in [-0.2, 0) is 0 Å². The molecule has 292 valence electrons. The van der Waals surface area contributed by atoms with Crippen LogP contribution in [0.1, 0.15) is 161 Å². The van der Waals surface area contributed by atoms with Crippen molar-refractivity contribution < 1.29 is 0 Å². The lowest BCUT2D eigenvalue weighted by atomic mass is 9.71. The summed E-state index contributed by atoms with van der Waals surface area (Å²) in [5.74, 6) is 4.31. The normalized spacial score (nSPS) is 35.2. The minimum atomic E-state index is 0.539. The van der Waals surface area contributed by atoms with Crippen LogP contribution >= 0.6 is 0 Å². The van der Waals surface area contributed by atoms with E-state index in [1.165, 1.54) is 160 Å². The number of allylic oxidation sites excluding steroid dienone is 15. The van der Waals surface area contributed by atoms with Gasteiger partial charge in [0.05, 0.1) is 0 Å². The summed E-state index contributed by atoms with van der Waals surface area (Å²) in [6.45, 7) is 0. The Morgan fingerprint density at radius 3 is 1.87 bits per heavy atom. The fraction of sp³-hybridized carbons (Fsp3) is 0.654. The first-order valence-electron chi connectivity index (χ1n) is 23.5. The van der Waals surface area contributed by atoms with Crippen molar-refractivity contribution in [1.82, 2.24) is 9.80 Å². The van der Waals surface area contributed by atoms with Crippen LogP contribution < -0.4 is 0 Å². The van der Waals surface area contributed by atoms with Crippen molar-refractivity contribution in [2.75, 3.05) is 0 Å². The van der Waals surface area contributed by atoms with Gasteiger partial charge in [0.15, 0.2) is 0 Å². The highest BCUT2D eigenvalue weighted by Crippen LogP contribution is 2.41. The quantitative estimate of drug-likeness (QED) is 0.196. The maximum atomic E-state index is 2.93. The molecule has 2 heteroatoms. The van der Waals surface area contributed by atoms with Crippen LogP contribution in [0.4, 0.5) is 0 Å². The van der Waals surface area contributed by atoms with Gasteiger partial charge in [-0.15, -0.1) is 0 Å². The molecule has 0 spiro atoms.